The number of nitrogens with one attached hydrogen (secondary N) is 3. The second-order valence-corrected chi connectivity index (χ2v) is 5.33. The van der Waals surface area contributed by atoms with Gasteiger partial charge in [-0.15, -0.1) is 24.0 Å². The Morgan fingerprint density at radius 1 is 1.00 bits per heavy atom. The van der Waals surface area contributed by atoms with Crippen molar-refractivity contribution in [1.82, 2.24) is 16.0 Å². The molecule has 1 amide bonds. The monoisotopic (exact) mass is 468 g/mol. The van der Waals surface area contributed by atoms with Gasteiger partial charge in [-0.1, -0.05) is 30.3 Å². The Morgan fingerprint density at radius 3 is 2.42 bits per heavy atom. The number of guanidine groups is 1. The van der Waals surface area contributed by atoms with Gasteiger partial charge in [0.25, 0.3) is 5.91 Å². The predicted octanol–water partition coefficient (Wildman–Crippen LogP) is 2.41. The van der Waals surface area contributed by atoms with E-state index in [1.807, 2.05) is 42.5 Å². The molecule has 26 heavy (non-hydrogen) atoms. The molecule has 6 nitrogen and oxygen atoms in total. The van der Waals surface area contributed by atoms with Crippen LogP contribution < -0.4 is 20.7 Å². The molecule has 3 N–H and O–H groups in total. The SMILES string of the molecule is CN=C(NCCNC(=O)c1ccccc1)NCc1cccc(OC)c1.I. The summed E-state index contributed by atoms with van der Waals surface area (Å²) >= 11 is 0. The van der Waals surface area contributed by atoms with Gasteiger partial charge in [-0.3, -0.25) is 9.79 Å². The fourth-order valence-corrected chi connectivity index (χ4v) is 2.24. The van der Waals surface area contributed by atoms with Gasteiger partial charge in [0.1, 0.15) is 5.75 Å². The van der Waals surface area contributed by atoms with Crippen LogP contribution in [0.25, 0.3) is 0 Å². The quantitative estimate of drug-likeness (QED) is 0.253. The van der Waals surface area contributed by atoms with Crippen LogP contribution in [-0.2, 0) is 6.54 Å². The molecule has 0 saturated carbocycles. The number of amides is 1. The Labute approximate surface area is 171 Å². The van der Waals surface area contributed by atoms with E-state index in [0.29, 0.717) is 31.2 Å². The molecule has 2 aromatic carbocycles. The maximum atomic E-state index is 11.9. The van der Waals surface area contributed by atoms with Crippen LogP contribution in [0.2, 0.25) is 0 Å². The van der Waals surface area contributed by atoms with Crippen LogP contribution in [-0.4, -0.2) is 39.1 Å². The van der Waals surface area contributed by atoms with Crippen molar-refractivity contribution in [3.63, 3.8) is 0 Å². The molecule has 0 spiro atoms. The molecule has 0 fully saturated rings. The standard InChI is InChI=1S/C19H24N4O2.HI/c1-20-19(23-14-15-7-6-10-17(13-15)25-2)22-12-11-21-18(24)16-8-4-3-5-9-16;/h3-10,13H,11-12,14H2,1-2H3,(H,21,24)(H2,20,22,23);1H. The summed E-state index contributed by atoms with van der Waals surface area (Å²) in [5, 5.41) is 9.26. The summed E-state index contributed by atoms with van der Waals surface area (Å²) in [5.41, 5.74) is 1.75. The first-order chi connectivity index (χ1) is 12.2. The van der Waals surface area contributed by atoms with Crippen LogP contribution in [0.5, 0.6) is 5.75 Å². The zero-order valence-corrected chi connectivity index (χ0v) is 17.3. The number of benzene rings is 2. The lowest BCUT2D eigenvalue weighted by molar-refractivity contribution is 0.0954. The molecule has 7 heteroatoms. The van der Waals surface area contributed by atoms with E-state index in [2.05, 4.69) is 20.9 Å². The van der Waals surface area contributed by atoms with Gasteiger partial charge in [-0.25, -0.2) is 0 Å². The minimum atomic E-state index is -0.0817. The van der Waals surface area contributed by atoms with Gasteiger partial charge in [-0.2, -0.15) is 0 Å². The van der Waals surface area contributed by atoms with Crippen molar-refractivity contribution < 1.29 is 9.53 Å². The van der Waals surface area contributed by atoms with Gasteiger partial charge in [0.2, 0.25) is 0 Å². The molecule has 0 aliphatic rings. The zero-order valence-electron chi connectivity index (χ0n) is 15.0. The third kappa shape index (κ3) is 7.30. The number of hydrogen-bond acceptors (Lipinski definition) is 3. The van der Waals surface area contributed by atoms with Gasteiger partial charge >= 0.3 is 0 Å². The second-order valence-electron chi connectivity index (χ2n) is 5.33. The van der Waals surface area contributed by atoms with E-state index < -0.39 is 0 Å². The molecular weight excluding hydrogens is 443 g/mol. The van der Waals surface area contributed by atoms with Gasteiger partial charge in [-0.05, 0) is 29.8 Å². The van der Waals surface area contributed by atoms with Crippen molar-refractivity contribution in [3.8, 4) is 5.75 Å². The lowest BCUT2D eigenvalue weighted by Crippen LogP contribution is -2.41. The van der Waals surface area contributed by atoms with Gasteiger partial charge in [0.15, 0.2) is 5.96 Å². The Kier molecular flexibility index (Phi) is 10.1. The molecule has 0 bridgehead atoms. The highest BCUT2D eigenvalue weighted by atomic mass is 127. The van der Waals surface area contributed by atoms with E-state index in [1.54, 1.807) is 26.3 Å². The molecule has 0 unspecified atom stereocenters. The topological polar surface area (TPSA) is 74.8 Å². The van der Waals surface area contributed by atoms with E-state index in [-0.39, 0.29) is 29.9 Å². The van der Waals surface area contributed by atoms with Crippen molar-refractivity contribution in [2.45, 2.75) is 6.54 Å². The molecule has 0 aliphatic heterocycles. The number of methoxy groups -OCH3 is 1. The predicted molar refractivity (Wildman–Crippen MR) is 115 cm³/mol. The van der Waals surface area contributed by atoms with E-state index in [1.165, 1.54) is 0 Å². The van der Waals surface area contributed by atoms with Crippen molar-refractivity contribution in [1.29, 1.82) is 0 Å². The Balaban J connectivity index is 0.00000338. The highest BCUT2D eigenvalue weighted by Crippen LogP contribution is 2.11. The van der Waals surface area contributed by atoms with Crippen LogP contribution in [0, 0.1) is 0 Å². The summed E-state index contributed by atoms with van der Waals surface area (Å²) in [4.78, 5) is 16.1. The van der Waals surface area contributed by atoms with E-state index in [0.717, 1.165) is 11.3 Å². The maximum absolute atomic E-state index is 11.9. The summed E-state index contributed by atoms with van der Waals surface area (Å²) in [6.07, 6.45) is 0. The third-order valence-electron chi connectivity index (χ3n) is 3.56. The molecule has 0 saturated heterocycles. The second kappa shape index (κ2) is 12.1. The van der Waals surface area contributed by atoms with E-state index in [4.69, 9.17) is 4.74 Å². The fraction of sp³-hybridized carbons (Fsp3) is 0.263. The van der Waals surface area contributed by atoms with Crippen LogP contribution in [0.3, 0.4) is 0 Å². The minimum Gasteiger partial charge on any atom is -0.497 e. The first-order valence-electron chi connectivity index (χ1n) is 8.13. The molecule has 2 aromatic rings. The number of aliphatic imine (C=N–C) groups is 1. The number of ether oxygens (including phenoxy) is 1. The molecule has 0 heterocycles. The zero-order chi connectivity index (χ0) is 17.9. The third-order valence-corrected chi connectivity index (χ3v) is 3.56. The summed E-state index contributed by atoms with van der Waals surface area (Å²) in [5.74, 6) is 1.42. The lowest BCUT2D eigenvalue weighted by atomic mass is 10.2. The largest absolute Gasteiger partial charge is 0.497 e. The van der Waals surface area contributed by atoms with Crippen LogP contribution >= 0.6 is 24.0 Å². The number of hydrogen-bond donors (Lipinski definition) is 3. The van der Waals surface area contributed by atoms with Gasteiger partial charge < -0.3 is 20.7 Å². The fourth-order valence-electron chi connectivity index (χ4n) is 2.24. The molecule has 140 valence electrons. The number of carbonyl (C=O) groups excluding carboxylic acids is 1. The average Bonchev–Trinajstić information content (AvgIpc) is 2.68. The average molecular weight is 468 g/mol. The molecule has 0 aromatic heterocycles. The smallest absolute Gasteiger partial charge is 0.251 e. The Morgan fingerprint density at radius 2 is 1.73 bits per heavy atom. The Hall–Kier alpha value is -2.29. The Bertz CT molecular complexity index is 708. The molecule has 2 rings (SSSR count). The van der Waals surface area contributed by atoms with Crippen molar-refractivity contribution in [3.05, 3.63) is 65.7 Å². The van der Waals surface area contributed by atoms with Crippen LogP contribution in [0.1, 0.15) is 15.9 Å². The first kappa shape index (κ1) is 21.8. The van der Waals surface area contributed by atoms with Crippen molar-refractivity contribution in [2.75, 3.05) is 27.2 Å². The molecule has 0 aliphatic carbocycles. The van der Waals surface area contributed by atoms with E-state index >= 15 is 0 Å². The summed E-state index contributed by atoms with van der Waals surface area (Å²) in [7, 11) is 3.36. The number of carbonyl (C=O) groups is 1. The lowest BCUT2D eigenvalue weighted by Gasteiger charge is -2.13. The number of nitrogens with zero attached hydrogens (tertiary/aromatic N) is 1. The highest BCUT2D eigenvalue weighted by molar-refractivity contribution is 14.0. The van der Waals surface area contributed by atoms with Crippen molar-refractivity contribution in [2.24, 2.45) is 4.99 Å². The normalized spacial score (nSPS) is 10.5. The van der Waals surface area contributed by atoms with Gasteiger partial charge in [0.05, 0.1) is 7.11 Å². The number of rotatable bonds is 7. The molecule has 0 radical (unpaired) electrons. The number of halogens is 1. The maximum Gasteiger partial charge on any atom is 0.251 e. The van der Waals surface area contributed by atoms with Gasteiger partial charge in [0, 0.05) is 32.2 Å². The minimum absolute atomic E-state index is 0. The summed E-state index contributed by atoms with van der Waals surface area (Å²) < 4.78 is 5.21. The highest BCUT2D eigenvalue weighted by Gasteiger charge is 2.03. The van der Waals surface area contributed by atoms with Crippen LogP contribution in [0.4, 0.5) is 0 Å². The molecular formula is C19H25IN4O2. The van der Waals surface area contributed by atoms with E-state index in [9.17, 15) is 4.79 Å². The summed E-state index contributed by atoms with van der Waals surface area (Å²) in [6, 6.07) is 17.0. The molecule has 0 atom stereocenters. The van der Waals surface area contributed by atoms with Crippen LogP contribution in [0.15, 0.2) is 59.6 Å². The van der Waals surface area contributed by atoms with Crippen molar-refractivity contribution >= 4 is 35.8 Å². The summed E-state index contributed by atoms with van der Waals surface area (Å²) in [6.45, 7) is 1.72. The first-order valence-corrected chi connectivity index (χ1v) is 8.13.